The summed E-state index contributed by atoms with van der Waals surface area (Å²) in [4.78, 5) is 0.884. The van der Waals surface area contributed by atoms with E-state index in [9.17, 15) is 0 Å². The molecule has 1 aromatic rings. The molecule has 0 heterocycles. The van der Waals surface area contributed by atoms with Gasteiger partial charge in [0.2, 0.25) is 0 Å². The zero-order valence-electron chi connectivity index (χ0n) is 9.58. The molecule has 0 bridgehead atoms. The van der Waals surface area contributed by atoms with Gasteiger partial charge in [0.1, 0.15) is 0 Å². The van der Waals surface area contributed by atoms with Gasteiger partial charge in [0.25, 0.3) is 0 Å². The SMILES string of the molecule is CCc1cc(C(C)=S)ccc1/C(C=N)=C/N. The largest absolute Gasteiger partial charge is 0.404 e. The van der Waals surface area contributed by atoms with Crippen LogP contribution in [0.4, 0.5) is 0 Å². The Kier molecular flexibility index (Phi) is 4.38. The van der Waals surface area contributed by atoms with Gasteiger partial charge in [-0.15, -0.1) is 0 Å². The number of nitrogens with one attached hydrogen (secondary N) is 1. The summed E-state index contributed by atoms with van der Waals surface area (Å²) in [7, 11) is 0. The molecular weight excluding hydrogens is 216 g/mol. The van der Waals surface area contributed by atoms with Crippen molar-refractivity contribution in [1.82, 2.24) is 0 Å². The van der Waals surface area contributed by atoms with Gasteiger partial charge in [-0.3, -0.25) is 0 Å². The van der Waals surface area contributed by atoms with Crippen LogP contribution in [0, 0.1) is 5.41 Å². The molecule has 0 saturated heterocycles. The van der Waals surface area contributed by atoms with Crippen LogP contribution >= 0.6 is 12.2 Å². The monoisotopic (exact) mass is 232 g/mol. The summed E-state index contributed by atoms with van der Waals surface area (Å²) in [5.74, 6) is 0. The molecule has 1 rings (SSSR count). The average Bonchev–Trinajstić information content (AvgIpc) is 2.30. The zero-order chi connectivity index (χ0) is 12.1. The molecule has 0 fully saturated rings. The molecule has 0 aliphatic rings. The first-order chi connectivity index (χ1) is 7.63. The maximum atomic E-state index is 7.31. The van der Waals surface area contributed by atoms with Gasteiger partial charge in [0, 0.05) is 22.9 Å². The first-order valence-corrected chi connectivity index (χ1v) is 5.61. The minimum atomic E-state index is 0.741. The van der Waals surface area contributed by atoms with Crippen LogP contribution in [0.1, 0.15) is 30.5 Å². The smallest absolute Gasteiger partial charge is 0.0270 e. The second kappa shape index (κ2) is 5.56. The number of nitrogens with two attached hydrogens (primary N) is 1. The second-order valence-corrected chi connectivity index (χ2v) is 4.16. The van der Waals surface area contributed by atoms with E-state index in [1.165, 1.54) is 18.0 Å². The Morgan fingerprint density at radius 1 is 1.50 bits per heavy atom. The van der Waals surface area contributed by atoms with Gasteiger partial charge >= 0.3 is 0 Å². The lowest BCUT2D eigenvalue weighted by Gasteiger charge is -2.10. The summed E-state index contributed by atoms with van der Waals surface area (Å²) in [5.41, 5.74) is 9.49. The molecule has 0 saturated carbocycles. The molecule has 3 heteroatoms. The molecular formula is C13H16N2S. The van der Waals surface area contributed by atoms with E-state index in [4.69, 9.17) is 23.4 Å². The highest BCUT2D eigenvalue weighted by Crippen LogP contribution is 2.20. The van der Waals surface area contributed by atoms with Crippen molar-refractivity contribution in [3.63, 3.8) is 0 Å². The average molecular weight is 232 g/mol. The van der Waals surface area contributed by atoms with Gasteiger partial charge in [-0.1, -0.05) is 37.3 Å². The summed E-state index contributed by atoms with van der Waals surface area (Å²) < 4.78 is 0. The molecule has 0 atom stereocenters. The lowest BCUT2D eigenvalue weighted by Crippen LogP contribution is -1.99. The second-order valence-electron chi connectivity index (χ2n) is 3.55. The Morgan fingerprint density at radius 2 is 2.19 bits per heavy atom. The van der Waals surface area contributed by atoms with Crippen LogP contribution in [0.2, 0.25) is 0 Å². The van der Waals surface area contributed by atoms with Crippen LogP contribution in [0.15, 0.2) is 24.4 Å². The first-order valence-electron chi connectivity index (χ1n) is 5.20. The molecule has 84 valence electrons. The van der Waals surface area contributed by atoms with Gasteiger partial charge in [-0.05, 0) is 30.0 Å². The minimum absolute atomic E-state index is 0.741. The van der Waals surface area contributed by atoms with Crippen LogP contribution in [0.25, 0.3) is 5.57 Å². The summed E-state index contributed by atoms with van der Waals surface area (Å²) in [6, 6.07) is 6.03. The fourth-order valence-corrected chi connectivity index (χ4v) is 1.73. The number of hydrogen-bond acceptors (Lipinski definition) is 3. The molecule has 0 aromatic heterocycles. The van der Waals surface area contributed by atoms with E-state index in [1.54, 1.807) is 0 Å². The Hall–Kier alpha value is -1.48. The van der Waals surface area contributed by atoms with Gasteiger partial charge < -0.3 is 11.1 Å². The number of aryl methyl sites for hydroxylation is 1. The molecule has 0 aliphatic heterocycles. The van der Waals surface area contributed by atoms with Crippen molar-refractivity contribution < 1.29 is 0 Å². The fraction of sp³-hybridized carbons (Fsp3) is 0.231. The predicted octanol–water partition coefficient (Wildman–Crippen LogP) is 2.94. The summed E-state index contributed by atoms with van der Waals surface area (Å²) in [6.45, 7) is 4.00. The molecule has 3 N–H and O–H groups in total. The first kappa shape index (κ1) is 12.6. The molecule has 0 amide bonds. The van der Waals surface area contributed by atoms with Crippen LogP contribution in [-0.2, 0) is 6.42 Å². The van der Waals surface area contributed by atoms with Crippen LogP contribution in [0.5, 0.6) is 0 Å². The number of hydrogen-bond donors (Lipinski definition) is 2. The maximum Gasteiger partial charge on any atom is 0.0270 e. The van der Waals surface area contributed by atoms with Crippen molar-refractivity contribution in [3.8, 4) is 0 Å². The molecule has 16 heavy (non-hydrogen) atoms. The Labute approximate surface area is 102 Å². The molecule has 2 nitrogen and oxygen atoms in total. The van der Waals surface area contributed by atoms with Crippen molar-refractivity contribution in [2.24, 2.45) is 5.73 Å². The Morgan fingerprint density at radius 3 is 2.62 bits per heavy atom. The van der Waals surface area contributed by atoms with Gasteiger partial charge in [-0.2, -0.15) is 0 Å². The minimum Gasteiger partial charge on any atom is -0.404 e. The van der Waals surface area contributed by atoms with Gasteiger partial charge in [0.05, 0.1) is 0 Å². The van der Waals surface area contributed by atoms with Crippen LogP contribution < -0.4 is 5.73 Å². The molecule has 0 aliphatic carbocycles. The van der Waals surface area contributed by atoms with E-state index >= 15 is 0 Å². The van der Waals surface area contributed by atoms with E-state index in [1.807, 2.05) is 19.1 Å². The van der Waals surface area contributed by atoms with Crippen molar-refractivity contribution in [1.29, 1.82) is 5.41 Å². The van der Waals surface area contributed by atoms with E-state index in [0.29, 0.717) is 0 Å². The van der Waals surface area contributed by atoms with E-state index < -0.39 is 0 Å². The summed E-state index contributed by atoms with van der Waals surface area (Å²) >= 11 is 5.15. The number of allylic oxidation sites excluding steroid dienone is 1. The van der Waals surface area contributed by atoms with Crippen LogP contribution in [-0.4, -0.2) is 11.1 Å². The Bertz CT molecular complexity index is 447. The van der Waals surface area contributed by atoms with Gasteiger partial charge in [0.15, 0.2) is 0 Å². The maximum absolute atomic E-state index is 7.31. The third kappa shape index (κ3) is 2.55. The number of rotatable bonds is 4. The van der Waals surface area contributed by atoms with Crippen molar-refractivity contribution in [2.45, 2.75) is 20.3 Å². The van der Waals surface area contributed by atoms with Crippen molar-refractivity contribution in [2.75, 3.05) is 0 Å². The predicted molar refractivity (Wildman–Crippen MR) is 74.1 cm³/mol. The highest BCUT2D eigenvalue weighted by molar-refractivity contribution is 7.80. The molecule has 0 radical (unpaired) electrons. The molecule has 1 aromatic carbocycles. The quantitative estimate of drug-likeness (QED) is 0.476. The van der Waals surface area contributed by atoms with E-state index in [-0.39, 0.29) is 0 Å². The third-order valence-corrected chi connectivity index (χ3v) is 2.77. The topological polar surface area (TPSA) is 49.9 Å². The van der Waals surface area contributed by atoms with Gasteiger partial charge in [-0.25, -0.2) is 0 Å². The third-order valence-electron chi connectivity index (χ3n) is 2.54. The zero-order valence-corrected chi connectivity index (χ0v) is 10.4. The number of thiocarbonyl (C=S) groups is 1. The van der Waals surface area contributed by atoms with Crippen molar-refractivity contribution >= 4 is 28.9 Å². The van der Waals surface area contributed by atoms with E-state index in [0.717, 1.165) is 28.0 Å². The molecule has 0 unspecified atom stereocenters. The highest BCUT2D eigenvalue weighted by Gasteiger charge is 2.06. The summed E-state index contributed by atoms with van der Waals surface area (Å²) in [5, 5.41) is 7.31. The number of benzene rings is 1. The lowest BCUT2D eigenvalue weighted by molar-refractivity contribution is 1.13. The fourth-order valence-electron chi connectivity index (χ4n) is 1.60. The van der Waals surface area contributed by atoms with Crippen LogP contribution in [0.3, 0.4) is 0 Å². The van der Waals surface area contributed by atoms with Crippen molar-refractivity contribution in [3.05, 3.63) is 41.1 Å². The normalized spacial score (nSPS) is 11.2. The highest BCUT2D eigenvalue weighted by atomic mass is 32.1. The standard InChI is InChI=1S/C13H16N2S/c1-3-10-6-11(9(2)16)4-5-13(10)12(7-14)8-15/h4-8,14H,3,15H2,1-2H3/b12-8+,14-7?. The molecule has 0 spiro atoms. The Balaban J connectivity index is 3.32. The summed E-state index contributed by atoms with van der Waals surface area (Å²) in [6.07, 6.45) is 3.64. The van der Waals surface area contributed by atoms with E-state index in [2.05, 4.69) is 13.0 Å². The lowest BCUT2D eigenvalue weighted by atomic mass is 9.96.